The van der Waals surface area contributed by atoms with Crippen LogP contribution in [0.4, 0.5) is 4.39 Å². The lowest BCUT2D eigenvalue weighted by molar-refractivity contribution is 0.0956. The summed E-state index contributed by atoms with van der Waals surface area (Å²) in [4.78, 5) is 2.42. The third-order valence-electron chi connectivity index (χ3n) is 4.66. The second-order valence-electron chi connectivity index (χ2n) is 7.02. The molecular formula is C21H25ClFNO2. The topological polar surface area (TPSA) is 21.7 Å². The first-order chi connectivity index (χ1) is 12.5. The van der Waals surface area contributed by atoms with Gasteiger partial charge in [-0.2, -0.15) is 0 Å². The largest absolute Gasteiger partial charge is 0.491 e. The van der Waals surface area contributed by atoms with Gasteiger partial charge in [-0.05, 0) is 62.7 Å². The Hall–Kier alpha value is -1.78. The Labute approximate surface area is 159 Å². The van der Waals surface area contributed by atoms with Gasteiger partial charge < -0.3 is 9.47 Å². The van der Waals surface area contributed by atoms with Gasteiger partial charge in [0.1, 0.15) is 11.4 Å². The summed E-state index contributed by atoms with van der Waals surface area (Å²) in [6.45, 7) is 5.62. The molecule has 2 aromatic carbocycles. The van der Waals surface area contributed by atoms with Crippen LogP contribution in [0.5, 0.6) is 11.5 Å². The predicted molar refractivity (Wildman–Crippen MR) is 103 cm³/mol. The molecular weight excluding hydrogens is 353 g/mol. The fourth-order valence-corrected chi connectivity index (χ4v) is 3.39. The molecule has 0 aliphatic carbocycles. The van der Waals surface area contributed by atoms with E-state index in [1.54, 1.807) is 18.2 Å². The smallest absolute Gasteiger partial charge is 0.165 e. The number of rotatable bonds is 8. The molecule has 0 aromatic heterocycles. The highest BCUT2D eigenvalue weighted by atomic mass is 35.5. The highest BCUT2D eigenvalue weighted by Crippen LogP contribution is 2.28. The molecule has 1 aliphatic rings. The van der Waals surface area contributed by atoms with Gasteiger partial charge in [0.05, 0.1) is 6.61 Å². The van der Waals surface area contributed by atoms with Crippen LogP contribution in [0.1, 0.15) is 26.2 Å². The summed E-state index contributed by atoms with van der Waals surface area (Å²) in [5.41, 5.74) is -0.169. The van der Waals surface area contributed by atoms with E-state index in [0.29, 0.717) is 17.4 Å². The molecule has 0 spiro atoms. The minimum atomic E-state index is -0.304. The van der Waals surface area contributed by atoms with E-state index in [-0.39, 0.29) is 11.4 Å². The van der Waals surface area contributed by atoms with Crippen LogP contribution in [0.25, 0.3) is 0 Å². The van der Waals surface area contributed by atoms with Crippen molar-refractivity contribution in [2.45, 2.75) is 31.8 Å². The number of hydrogen-bond acceptors (Lipinski definition) is 3. The second kappa shape index (κ2) is 8.74. The number of benzene rings is 2. The Morgan fingerprint density at radius 2 is 1.88 bits per heavy atom. The highest BCUT2D eigenvalue weighted by Gasteiger charge is 2.35. The summed E-state index contributed by atoms with van der Waals surface area (Å²) in [5.74, 6) is 0.886. The van der Waals surface area contributed by atoms with Gasteiger partial charge in [-0.3, -0.25) is 4.90 Å². The molecule has 1 heterocycles. The molecule has 5 heteroatoms. The molecule has 26 heavy (non-hydrogen) atoms. The lowest BCUT2D eigenvalue weighted by atomic mass is 10.1. The predicted octanol–water partition coefficient (Wildman–Crippen LogP) is 5.18. The molecule has 1 unspecified atom stereocenters. The molecule has 140 valence electrons. The number of likely N-dealkylation sites (tertiary alicyclic amines) is 1. The van der Waals surface area contributed by atoms with Gasteiger partial charge in [0.25, 0.3) is 0 Å². The van der Waals surface area contributed by atoms with Crippen LogP contribution in [0, 0.1) is 5.82 Å². The third kappa shape index (κ3) is 5.36. The third-order valence-corrected chi connectivity index (χ3v) is 4.91. The molecule has 0 saturated carbocycles. The first-order valence-electron chi connectivity index (χ1n) is 9.08. The van der Waals surface area contributed by atoms with E-state index >= 15 is 0 Å². The molecule has 0 amide bonds. The van der Waals surface area contributed by atoms with E-state index in [9.17, 15) is 4.39 Å². The van der Waals surface area contributed by atoms with Crippen molar-refractivity contribution in [2.75, 3.05) is 26.2 Å². The zero-order chi connectivity index (χ0) is 18.4. The van der Waals surface area contributed by atoms with Gasteiger partial charge in [-0.1, -0.05) is 23.7 Å². The summed E-state index contributed by atoms with van der Waals surface area (Å²) in [6, 6.07) is 14.1. The minimum Gasteiger partial charge on any atom is -0.491 e. The average Bonchev–Trinajstić information content (AvgIpc) is 2.99. The molecule has 3 nitrogen and oxygen atoms in total. The Morgan fingerprint density at radius 3 is 2.65 bits per heavy atom. The summed E-state index contributed by atoms with van der Waals surface area (Å²) >= 11 is 5.92. The lowest BCUT2D eigenvalue weighted by Gasteiger charge is -2.26. The number of halogens is 2. The number of nitrogens with zero attached hydrogens (tertiary/aromatic N) is 1. The highest BCUT2D eigenvalue weighted by molar-refractivity contribution is 6.30. The van der Waals surface area contributed by atoms with Crippen LogP contribution in [0.15, 0.2) is 48.5 Å². The van der Waals surface area contributed by atoms with E-state index in [0.717, 1.165) is 44.6 Å². The summed E-state index contributed by atoms with van der Waals surface area (Å²) in [5, 5.41) is 0.716. The summed E-state index contributed by atoms with van der Waals surface area (Å²) in [6.07, 6.45) is 2.92. The van der Waals surface area contributed by atoms with Crippen LogP contribution in [-0.4, -0.2) is 36.7 Å². The standard InChI is InChI=1S/C21H25ClFNO2/c1-21(26-18-10-8-17(22)9-11-18)12-14-24(16-21)13-4-5-15-25-20-7-3-2-6-19(20)23/h2-3,6-11H,4-5,12-16H2,1H3. The van der Waals surface area contributed by atoms with Gasteiger partial charge in [0.15, 0.2) is 11.6 Å². The molecule has 0 bridgehead atoms. The Balaban J connectivity index is 1.36. The molecule has 3 rings (SSSR count). The first-order valence-corrected chi connectivity index (χ1v) is 9.46. The Morgan fingerprint density at radius 1 is 1.12 bits per heavy atom. The van der Waals surface area contributed by atoms with Gasteiger partial charge in [-0.15, -0.1) is 0 Å². The maximum absolute atomic E-state index is 13.5. The fourth-order valence-electron chi connectivity index (χ4n) is 3.27. The van der Waals surface area contributed by atoms with Gasteiger partial charge in [0, 0.05) is 24.5 Å². The van der Waals surface area contributed by atoms with E-state index in [1.165, 1.54) is 6.07 Å². The summed E-state index contributed by atoms with van der Waals surface area (Å²) < 4.78 is 25.2. The molecule has 1 saturated heterocycles. The van der Waals surface area contributed by atoms with E-state index < -0.39 is 0 Å². The first kappa shape index (κ1) is 19.0. The van der Waals surface area contributed by atoms with Crippen LogP contribution in [0.2, 0.25) is 5.02 Å². The molecule has 1 fully saturated rings. The Bertz CT molecular complexity index is 709. The zero-order valence-corrected chi connectivity index (χ0v) is 15.8. The van der Waals surface area contributed by atoms with E-state index in [1.807, 2.05) is 24.3 Å². The van der Waals surface area contributed by atoms with Crippen molar-refractivity contribution in [1.29, 1.82) is 0 Å². The number of para-hydroxylation sites is 1. The van der Waals surface area contributed by atoms with Gasteiger partial charge in [0.2, 0.25) is 0 Å². The molecule has 1 atom stereocenters. The van der Waals surface area contributed by atoms with Crippen molar-refractivity contribution >= 4 is 11.6 Å². The molecule has 2 aromatic rings. The van der Waals surface area contributed by atoms with Crippen molar-refractivity contribution in [3.05, 3.63) is 59.4 Å². The quantitative estimate of drug-likeness (QED) is 0.591. The molecule has 0 N–H and O–H groups in total. The maximum Gasteiger partial charge on any atom is 0.165 e. The van der Waals surface area contributed by atoms with E-state index in [2.05, 4.69) is 11.8 Å². The van der Waals surface area contributed by atoms with Crippen molar-refractivity contribution in [1.82, 2.24) is 4.90 Å². The number of unbranched alkanes of at least 4 members (excludes halogenated alkanes) is 1. The normalized spacial score (nSPS) is 20.3. The molecule has 1 aliphatic heterocycles. The van der Waals surface area contributed by atoms with Gasteiger partial charge in [-0.25, -0.2) is 4.39 Å². The van der Waals surface area contributed by atoms with Crippen molar-refractivity contribution in [3.8, 4) is 11.5 Å². The maximum atomic E-state index is 13.5. The monoisotopic (exact) mass is 377 g/mol. The van der Waals surface area contributed by atoms with Crippen molar-refractivity contribution in [3.63, 3.8) is 0 Å². The average molecular weight is 378 g/mol. The second-order valence-corrected chi connectivity index (χ2v) is 7.45. The van der Waals surface area contributed by atoms with E-state index in [4.69, 9.17) is 21.1 Å². The SMILES string of the molecule is CC1(Oc2ccc(Cl)cc2)CCN(CCCCOc2ccccc2F)C1. The van der Waals surface area contributed by atoms with Crippen LogP contribution < -0.4 is 9.47 Å². The number of hydrogen-bond donors (Lipinski definition) is 0. The van der Waals surface area contributed by atoms with Crippen LogP contribution in [-0.2, 0) is 0 Å². The van der Waals surface area contributed by atoms with Gasteiger partial charge >= 0.3 is 0 Å². The van der Waals surface area contributed by atoms with Crippen LogP contribution in [0.3, 0.4) is 0 Å². The lowest BCUT2D eigenvalue weighted by Crippen LogP contribution is -2.36. The summed E-state index contributed by atoms with van der Waals surface area (Å²) in [7, 11) is 0. The fraction of sp³-hybridized carbons (Fsp3) is 0.429. The van der Waals surface area contributed by atoms with Crippen LogP contribution >= 0.6 is 11.6 Å². The zero-order valence-electron chi connectivity index (χ0n) is 15.1. The number of ether oxygens (including phenoxy) is 2. The van der Waals surface area contributed by atoms with Crippen molar-refractivity contribution in [2.24, 2.45) is 0 Å². The van der Waals surface area contributed by atoms with Crippen molar-refractivity contribution < 1.29 is 13.9 Å². The molecule has 0 radical (unpaired) electrons. The Kier molecular flexibility index (Phi) is 6.38. The minimum absolute atomic E-state index is 0.169.